The quantitative estimate of drug-likeness (QED) is 0.309. The van der Waals surface area contributed by atoms with Gasteiger partial charge in [-0.05, 0) is 12.1 Å². The fourth-order valence-electron chi connectivity index (χ4n) is 1.75. The Morgan fingerprint density at radius 1 is 1.36 bits per heavy atom. The Labute approximate surface area is 156 Å². The first kappa shape index (κ1) is 19.3. The third-order valence-electron chi connectivity index (χ3n) is 2.86. The van der Waals surface area contributed by atoms with Crippen molar-refractivity contribution in [3.8, 4) is 12.3 Å². The first-order valence-corrected chi connectivity index (χ1v) is 10.9. The molecule has 9 heteroatoms. The van der Waals surface area contributed by atoms with E-state index in [1.807, 2.05) is 5.38 Å². The average molecular weight is 395 g/mol. The van der Waals surface area contributed by atoms with Crippen LogP contribution >= 0.6 is 23.1 Å². The van der Waals surface area contributed by atoms with Gasteiger partial charge in [-0.1, -0.05) is 24.1 Å². The number of nitrogens with zero attached hydrogens (tertiary/aromatic N) is 2. The van der Waals surface area contributed by atoms with Crippen LogP contribution in [0.25, 0.3) is 0 Å². The summed E-state index contributed by atoms with van der Waals surface area (Å²) in [6.45, 7) is 0.642. The highest BCUT2D eigenvalue weighted by atomic mass is 32.2. The maximum atomic E-state index is 12.4. The third kappa shape index (κ3) is 6.78. The number of rotatable bonds is 8. The lowest BCUT2D eigenvalue weighted by Gasteiger charge is -2.11. The number of guanidine groups is 1. The largest absolute Gasteiger partial charge is 0.345 e. The second kappa shape index (κ2) is 10.1. The summed E-state index contributed by atoms with van der Waals surface area (Å²) in [6.07, 6.45) is 7.00. The van der Waals surface area contributed by atoms with Crippen molar-refractivity contribution in [1.29, 1.82) is 0 Å². The van der Waals surface area contributed by atoms with Crippen LogP contribution in [-0.2, 0) is 15.8 Å². The number of hydrogen-bond donors (Lipinski definition) is 2. The van der Waals surface area contributed by atoms with Crippen LogP contribution in [0.4, 0.5) is 0 Å². The molecule has 0 saturated heterocycles. The normalized spacial score (nSPS) is 11.7. The topological polar surface area (TPSA) is 83.4 Å². The Morgan fingerprint density at radius 2 is 2.16 bits per heavy atom. The van der Waals surface area contributed by atoms with Gasteiger partial charge in [-0.25, -0.2) is 18.1 Å². The summed E-state index contributed by atoms with van der Waals surface area (Å²) < 4.78 is 27.2. The average Bonchev–Trinajstić information content (AvgIpc) is 3.13. The summed E-state index contributed by atoms with van der Waals surface area (Å²) in [5.74, 6) is 4.11. The van der Waals surface area contributed by atoms with E-state index in [0.29, 0.717) is 6.54 Å². The SMILES string of the molecule is C#CCN/C(=N/CCSCc1nccs1)NS(=O)(=O)c1ccccc1. The number of benzene rings is 1. The monoisotopic (exact) mass is 394 g/mol. The van der Waals surface area contributed by atoms with E-state index in [9.17, 15) is 8.42 Å². The highest BCUT2D eigenvalue weighted by molar-refractivity contribution is 7.98. The minimum Gasteiger partial charge on any atom is -0.345 e. The summed E-state index contributed by atoms with van der Waals surface area (Å²) in [5, 5.41) is 5.80. The zero-order valence-electron chi connectivity index (χ0n) is 13.4. The molecule has 0 aliphatic rings. The molecule has 0 unspecified atom stereocenters. The summed E-state index contributed by atoms with van der Waals surface area (Å²) in [6, 6.07) is 8.12. The van der Waals surface area contributed by atoms with Gasteiger partial charge in [-0.15, -0.1) is 17.8 Å². The molecule has 2 aromatic rings. The molecule has 25 heavy (non-hydrogen) atoms. The molecule has 0 aliphatic carbocycles. The highest BCUT2D eigenvalue weighted by Gasteiger charge is 2.15. The van der Waals surface area contributed by atoms with Gasteiger partial charge in [0.2, 0.25) is 5.96 Å². The smallest absolute Gasteiger partial charge is 0.264 e. The van der Waals surface area contributed by atoms with E-state index in [0.717, 1.165) is 16.5 Å². The highest BCUT2D eigenvalue weighted by Crippen LogP contribution is 2.13. The van der Waals surface area contributed by atoms with E-state index < -0.39 is 10.0 Å². The molecule has 1 aromatic heterocycles. The molecule has 0 amide bonds. The van der Waals surface area contributed by atoms with Gasteiger partial charge in [0, 0.05) is 23.1 Å². The Kier molecular flexibility index (Phi) is 7.78. The molecular formula is C16H18N4O2S3. The van der Waals surface area contributed by atoms with Gasteiger partial charge in [0.05, 0.1) is 18.0 Å². The lowest BCUT2D eigenvalue weighted by Crippen LogP contribution is -2.41. The lowest BCUT2D eigenvalue weighted by atomic mass is 10.4. The Hall–Kier alpha value is -2.02. The maximum absolute atomic E-state index is 12.4. The minimum absolute atomic E-state index is 0.150. The number of thiazole rings is 1. The second-order valence-electron chi connectivity index (χ2n) is 4.68. The number of nitrogens with one attached hydrogen (secondary N) is 2. The Balaban J connectivity index is 1.92. The zero-order valence-corrected chi connectivity index (χ0v) is 15.8. The van der Waals surface area contributed by atoms with Crippen LogP contribution in [0.2, 0.25) is 0 Å². The lowest BCUT2D eigenvalue weighted by molar-refractivity contribution is 0.591. The fraction of sp³-hybridized carbons (Fsp3) is 0.250. The molecule has 0 atom stereocenters. The van der Waals surface area contributed by atoms with Crippen LogP contribution in [0.15, 0.2) is 51.8 Å². The molecule has 2 N–H and O–H groups in total. The van der Waals surface area contributed by atoms with Crippen LogP contribution in [0, 0.1) is 12.3 Å². The summed E-state index contributed by atoms with van der Waals surface area (Å²) >= 11 is 3.30. The summed E-state index contributed by atoms with van der Waals surface area (Å²) in [5.41, 5.74) is 0. The van der Waals surface area contributed by atoms with Gasteiger partial charge in [0.1, 0.15) is 5.01 Å². The van der Waals surface area contributed by atoms with Crippen molar-refractivity contribution in [3.05, 3.63) is 46.9 Å². The maximum Gasteiger partial charge on any atom is 0.264 e. The van der Waals surface area contributed by atoms with Crippen molar-refractivity contribution in [3.63, 3.8) is 0 Å². The Morgan fingerprint density at radius 3 is 2.84 bits per heavy atom. The number of terminal acetylenes is 1. The van der Waals surface area contributed by atoms with Crippen molar-refractivity contribution in [2.24, 2.45) is 4.99 Å². The standard InChI is InChI=1S/C16H18N4O2S3/c1-2-8-18-16(19-9-11-23-13-15-17-10-12-24-15)20-25(21,22)14-6-4-3-5-7-14/h1,3-7,10,12H,8-9,11,13H2,(H2,18,19,20). The van der Waals surface area contributed by atoms with Crippen LogP contribution in [0.5, 0.6) is 0 Å². The molecule has 1 aromatic carbocycles. The van der Waals surface area contributed by atoms with Gasteiger partial charge >= 0.3 is 0 Å². The van der Waals surface area contributed by atoms with E-state index in [1.54, 1.807) is 47.5 Å². The predicted octanol–water partition coefficient (Wildman–Crippen LogP) is 1.93. The predicted molar refractivity (Wildman–Crippen MR) is 104 cm³/mol. The number of hydrogen-bond acceptors (Lipinski definition) is 6. The van der Waals surface area contributed by atoms with E-state index in [4.69, 9.17) is 6.42 Å². The van der Waals surface area contributed by atoms with Crippen molar-refractivity contribution in [2.45, 2.75) is 10.6 Å². The van der Waals surface area contributed by atoms with Crippen LogP contribution in [-0.4, -0.2) is 38.2 Å². The Bertz CT molecular complexity index is 813. The molecule has 0 fully saturated rings. The van der Waals surface area contributed by atoms with E-state index in [2.05, 4.69) is 25.9 Å². The minimum atomic E-state index is -3.70. The third-order valence-corrected chi connectivity index (χ3v) is 6.12. The van der Waals surface area contributed by atoms with Gasteiger partial charge in [-0.3, -0.25) is 4.99 Å². The molecule has 6 nitrogen and oxygen atoms in total. The van der Waals surface area contributed by atoms with Gasteiger partial charge < -0.3 is 5.32 Å². The van der Waals surface area contributed by atoms with Crippen LogP contribution < -0.4 is 10.0 Å². The van der Waals surface area contributed by atoms with Crippen molar-refractivity contribution in [2.75, 3.05) is 18.8 Å². The second-order valence-corrected chi connectivity index (χ2v) is 8.45. The number of aliphatic imine (C=N–C) groups is 1. The molecule has 0 saturated carbocycles. The molecule has 0 aliphatic heterocycles. The van der Waals surface area contributed by atoms with Gasteiger partial charge in [0.15, 0.2) is 0 Å². The number of aromatic nitrogens is 1. The fourth-order valence-corrected chi connectivity index (χ4v) is 4.31. The van der Waals surface area contributed by atoms with Gasteiger partial charge in [-0.2, -0.15) is 11.8 Å². The van der Waals surface area contributed by atoms with E-state index in [1.165, 1.54) is 12.1 Å². The van der Waals surface area contributed by atoms with Crippen molar-refractivity contribution in [1.82, 2.24) is 15.0 Å². The summed E-state index contributed by atoms with van der Waals surface area (Å²) in [7, 11) is -3.70. The molecule has 0 bridgehead atoms. The molecule has 132 valence electrons. The van der Waals surface area contributed by atoms with Crippen molar-refractivity contribution < 1.29 is 8.42 Å². The first-order valence-electron chi connectivity index (χ1n) is 7.37. The molecule has 2 rings (SSSR count). The molecule has 1 heterocycles. The van der Waals surface area contributed by atoms with E-state index in [-0.39, 0.29) is 17.4 Å². The van der Waals surface area contributed by atoms with Crippen molar-refractivity contribution >= 4 is 39.1 Å². The number of sulfonamides is 1. The number of thioether (sulfide) groups is 1. The summed E-state index contributed by atoms with van der Waals surface area (Å²) in [4.78, 5) is 8.65. The molecule has 0 radical (unpaired) electrons. The van der Waals surface area contributed by atoms with Gasteiger partial charge in [0.25, 0.3) is 10.0 Å². The molecular weight excluding hydrogens is 376 g/mol. The first-order chi connectivity index (χ1) is 12.1. The van der Waals surface area contributed by atoms with E-state index >= 15 is 0 Å². The van der Waals surface area contributed by atoms with Crippen LogP contribution in [0.3, 0.4) is 0 Å². The van der Waals surface area contributed by atoms with Crippen LogP contribution in [0.1, 0.15) is 5.01 Å². The zero-order chi connectivity index (χ0) is 18.0. The molecule has 0 spiro atoms.